The van der Waals surface area contributed by atoms with Gasteiger partial charge in [0, 0.05) is 18.2 Å². The highest BCUT2D eigenvalue weighted by atomic mass is 16.5. The van der Waals surface area contributed by atoms with Crippen LogP contribution in [0.15, 0.2) is 24.4 Å². The number of aromatic amines is 1. The number of anilines is 1. The van der Waals surface area contributed by atoms with Crippen LogP contribution in [0.3, 0.4) is 0 Å². The molecular formula is C12H15N3O2. The zero-order chi connectivity index (χ0) is 12.3. The smallest absolute Gasteiger partial charge is 0.126 e. The Labute approximate surface area is 99.5 Å². The van der Waals surface area contributed by atoms with Gasteiger partial charge in [0.15, 0.2) is 0 Å². The molecule has 0 amide bonds. The maximum Gasteiger partial charge on any atom is 0.126 e. The Kier molecular flexibility index (Phi) is 3.30. The molecule has 1 heterocycles. The van der Waals surface area contributed by atoms with E-state index in [4.69, 9.17) is 15.2 Å². The SMILES string of the molecule is COCc1ccc(-c2cn[nH]c2N)cc1OC. The van der Waals surface area contributed by atoms with Crippen LogP contribution in [0.4, 0.5) is 5.82 Å². The third kappa shape index (κ3) is 2.24. The molecule has 0 aliphatic heterocycles. The van der Waals surface area contributed by atoms with Crippen molar-refractivity contribution in [2.24, 2.45) is 0 Å². The lowest BCUT2D eigenvalue weighted by Crippen LogP contribution is -1.95. The summed E-state index contributed by atoms with van der Waals surface area (Å²) in [6, 6.07) is 5.86. The third-order valence-corrected chi connectivity index (χ3v) is 2.57. The molecule has 1 aromatic carbocycles. The van der Waals surface area contributed by atoms with E-state index >= 15 is 0 Å². The normalized spacial score (nSPS) is 10.5. The number of H-pyrrole nitrogens is 1. The number of nitrogen functional groups attached to an aromatic ring is 1. The number of hydrogen-bond donors (Lipinski definition) is 2. The standard InChI is InChI=1S/C12H15N3O2/c1-16-7-9-4-3-8(5-11(9)17-2)10-6-14-15-12(10)13/h3-6H,7H2,1-2H3,(H3,13,14,15). The van der Waals surface area contributed by atoms with E-state index < -0.39 is 0 Å². The summed E-state index contributed by atoms with van der Waals surface area (Å²) < 4.78 is 10.4. The van der Waals surface area contributed by atoms with Gasteiger partial charge >= 0.3 is 0 Å². The summed E-state index contributed by atoms with van der Waals surface area (Å²) >= 11 is 0. The first-order valence-corrected chi connectivity index (χ1v) is 5.21. The van der Waals surface area contributed by atoms with Crippen LogP contribution in [-0.2, 0) is 11.3 Å². The number of rotatable bonds is 4. The fraction of sp³-hybridized carbons (Fsp3) is 0.250. The van der Waals surface area contributed by atoms with Crippen molar-refractivity contribution in [3.63, 3.8) is 0 Å². The second kappa shape index (κ2) is 4.88. The number of nitrogens with one attached hydrogen (secondary N) is 1. The highest BCUT2D eigenvalue weighted by Crippen LogP contribution is 2.29. The molecule has 5 heteroatoms. The molecule has 0 spiro atoms. The predicted octanol–water partition coefficient (Wildman–Crippen LogP) is 1.81. The minimum Gasteiger partial charge on any atom is -0.496 e. The number of nitrogens with two attached hydrogens (primary N) is 1. The van der Waals surface area contributed by atoms with E-state index in [-0.39, 0.29) is 0 Å². The molecule has 5 nitrogen and oxygen atoms in total. The Morgan fingerprint density at radius 1 is 1.35 bits per heavy atom. The molecule has 0 saturated carbocycles. The van der Waals surface area contributed by atoms with Crippen molar-refractivity contribution in [3.8, 4) is 16.9 Å². The topological polar surface area (TPSA) is 73.2 Å². The van der Waals surface area contributed by atoms with E-state index in [0.717, 1.165) is 22.4 Å². The van der Waals surface area contributed by atoms with Crippen molar-refractivity contribution >= 4 is 5.82 Å². The molecule has 17 heavy (non-hydrogen) atoms. The van der Waals surface area contributed by atoms with Crippen molar-refractivity contribution in [2.75, 3.05) is 20.0 Å². The van der Waals surface area contributed by atoms with Gasteiger partial charge in [0.2, 0.25) is 0 Å². The summed E-state index contributed by atoms with van der Waals surface area (Å²) in [4.78, 5) is 0. The molecule has 1 aromatic heterocycles. The Hall–Kier alpha value is -2.01. The van der Waals surface area contributed by atoms with Crippen LogP contribution in [0.1, 0.15) is 5.56 Å². The van der Waals surface area contributed by atoms with Gasteiger partial charge in [-0.2, -0.15) is 5.10 Å². The summed E-state index contributed by atoms with van der Waals surface area (Å²) in [6.07, 6.45) is 1.69. The average Bonchev–Trinajstić information content (AvgIpc) is 2.76. The molecule has 3 N–H and O–H groups in total. The van der Waals surface area contributed by atoms with E-state index in [1.54, 1.807) is 20.4 Å². The first-order chi connectivity index (χ1) is 8.26. The zero-order valence-electron chi connectivity index (χ0n) is 9.86. The fourth-order valence-corrected chi connectivity index (χ4v) is 1.71. The lowest BCUT2D eigenvalue weighted by molar-refractivity contribution is 0.181. The van der Waals surface area contributed by atoms with Crippen LogP contribution in [0.5, 0.6) is 5.75 Å². The number of ether oxygens (including phenoxy) is 2. The number of nitrogens with zero attached hydrogens (tertiary/aromatic N) is 1. The molecule has 0 saturated heterocycles. The third-order valence-electron chi connectivity index (χ3n) is 2.57. The molecule has 0 atom stereocenters. The molecule has 0 fully saturated rings. The largest absolute Gasteiger partial charge is 0.496 e. The first-order valence-electron chi connectivity index (χ1n) is 5.21. The Morgan fingerprint density at radius 2 is 2.18 bits per heavy atom. The van der Waals surface area contributed by atoms with E-state index in [0.29, 0.717) is 12.4 Å². The van der Waals surface area contributed by atoms with Gasteiger partial charge in [0.25, 0.3) is 0 Å². The van der Waals surface area contributed by atoms with Crippen LogP contribution < -0.4 is 10.5 Å². The van der Waals surface area contributed by atoms with Crippen LogP contribution in [-0.4, -0.2) is 24.4 Å². The van der Waals surface area contributed by atoms with Gasteiger partial charge in [-0.15, -0.1) is 0 Å². The minimum absolute atomic E-state index is 0.518. The van der Waals surface area contributed by atoms with Gasteiger partial charge in [-0.05, 0) is 11.6 Å². The van der Waals surface area contributed by atoms with Gasteiger partial charge < -0.3 is 15.2 Å². The van der Waals surface area contributed by atoms with Crippen molar-refractivity contribution in [3.05, 3.63) is 30.0 Å². The molecule has 90 valence electrons. The van der Waals surface area contributed by atoms with Crippen LogP contribution in [0.2, 0.25) is 0 Å². The van der Waals surface area contributed by atoms with E-state index in [1.165, 1.54) is 0 Å². The van der Waals surface area contributed by atoms with Crippen LogP contribution in [0, 0.1) is 0 Å². The second-order valence-corrected chi connectivity index (χ2v) is 3.66. The molecule has 2 aromatic rings. The molecule has 0 unspecified atom stereocenters. The fourth-order valence-electron chi connectivity index (χ4n) is 1.71. The number of methoxy groups -OCH3 is 2. The lowest BCUT2D eigenvalue weighted by Gasteiger charge is -2.09. The minimum atomic E-state index is 0.518. The number of aromatic nitrogens is 2. The van der Waals surface area contributed by atoms with E-state index in [2.05, 4.69) is 10.2 Å². The summed E-state index contributed by atoms with van der Waals surface area (Å²) in [7, 11) is 3.29. The predicted molar refractivity (Wildman–Crippen MR) is 65.7 cm³/mol. The molecule has 0 aliphatic carbocycles. The number of benzene rings is 1. The summed E-state index contributed by atoms with van der Waals surface area (Å²) in [5, 5.41) is 6.60. The second-order valence-electron chi connectivity index (χ2n) is 3.66. The molecule has 0 bridgehead atoms. The zero-order valence-corrected chi connectivity index (χ0v) is 9.86. The first kappa shape index (κ1) is 11.5. The Morgan fingerprint density at radius 3 is 2.76 bits per heavy atom. The van der Waals surface area contributed by atoms with Gasteiger partial charge in [-0.1, -0.05) is 12.1 Å². The van der Waals surface area contributed by atoms with E-state index in [9.17, 15) is 0 Å². The van der Waals surface area contributed by atoms with E-state index in [1.807, 2.05) is 18.2 Å². The van der Waals surface area contributed by atoms with Crippen molar-refractivity contribution in [1.82, 2.24) is 10.2 Å². The van der Waals surface area contributed by atoms with Gasteiger partial charge in [-0.3, -0.25) is 5.10 Å². The van der Waals surface area contributed by atoms with Crippen molar-refractivity contribution in [2.45, 2.75) is 6.61 Å². The van der Waals surface area contributed by atoms with Crippen LogP contribution >= 0.6 is 0 Å². The van der Waals surface area contributed by atoms with Crippen LogP contribution in [0.25, 0.3) is 11.1 Å². The summed E-state index contributed by atoms with van der Waals surface area (Å²) in [5.74, 6) is 1.33. The Bertz CT molecular complexity index is 508. The maximum atomic E-state index is 5.78. The summed E-state index contributed by atoms with van der Waals surface area (Å²) in [5.41, 5.74) is 8.61. The van der Waals surface area contributed by atoms with Crippen molar-refractivity contribution < 1.29 is 9.47 Å². The molecule has 0 aliphatic rings. The summed E-state index contributed by atoms with van der Waals surface area (Å²) in [6.45, 7) is 0.518. The molecule has 2 rings (SSSR count). The monoisotopic (exact) mass is 233 g/mol. The Balaban J connectivity index is 2.41. The molecular weight excluding hydrogens is 218 g/mol. The lowest BCUT2D eigenvalue weighted by atomic mass is 10.1. The van der Waals surface area contributed by atoms with Gasteiger partial charge in [0.05, 0.1) is 19.9 Å². The highest BCUT2D eigenvalue weighted by Gasteiger charge is 2.09. The van der Waals surface area contributed by atoms with Crippen molar-refractivity contribution in [1.29, 1.82) is 0 Å². The average molecular weight is 233 g/mol. The number of hydrogen-bond acceptors (Lipinski definition) is 4. The molecule has 0 radical (unpaired) electrons. The maximum absolute atomic E-state index is 5.78. The van der Waals surface area contributed by atoms with Gasteiger partial charge in [-0.25, -0.2) is 0 Å². The van der Waals surface area contributed by atoms with Gasteiger partial charge in [0.1, 0.15) is 11.6 Å². The highest BCUT2D eigenvalue weighted by molar-refractivity contribution is 5.74. The quantitative estimate of drug-likeness (QED) is 0.844.